The number of thiazole rings is 1. The van der Waals surface area contributed by atoms with Crippen LogP contribution in [0, 0.1) is 5.41 Å². The molecule has 1 aliphatic rings. The normalized spacial score (nSPS) is 18.6. The molecule has 0 spiro atoms. The molecule has 0 aliphatic heterocycles. The zero-order chi connectivity index (χ0) is 17.8. The Hall–Kier alpha value is -0.580. The van der Waals surface area contributed by atoms with Gasteiger partial charge in [-0.05, 0) is 38.0 Å². The topological polar surface area (TPSA) is 49.3 Å². The van der Waals surface area contributed by atoms with E-state index in [2.05, 4.69) is 34.5 Å². The van der Waals surface area contributed by atoms with Crippen molar-refractivity contribution < 1.29 is 13.2 Å². The minimum atomic E-state index is -4.39. The first-order chi connectivity index (χ1) is 11.2. The van der Waals surface area contributed by atoms with Gasteiger partial charge in [0.25, 0.3) is 0 Å². The maximum absolute atomic E-state index is 12.6. The number of hydrogen-bond donors (Lipinski definition) is 2. The maximum atomic E-state index is 12.6. The molecular formula is C16H26F3IN4S. The van der Waals surface area contributed by atoms with Gasteiger partial charge in [0.05, 0.1) is 6.54 Å². The van der Waals surface area contributed by atoms with Crippen molar-refractivity contribution in [3.8, 4) is 0 Å². The van der Waals surface area contributed by atoms with Gasteiger partial charge in [0.1, 0.15) is 5.01 Å². The van der Waals surface area contributed by atoms with Crippen LogP contribution in [0.4, 0.5) is 13.2 Å². The number of hydrogen-bond acceptors (Lipinski definition) is 3. The van der Waals surface area contributed by atoms with E-state index in [9.17, 15) is 13.2 Å². The molecule has 1 saturated carbocycles. The molecule has 1 fully saturated rings. The molecule has 25 heavy (non-hydrogen) atoms. The highest BCUT2D eigenvalue weighted by molar-refractivity contribution is 14.0. The van der Waals surface area contributed by atoms with Gasteiger partial charge in [0.2, 0.25) is 0 Å². The van der Waals surface area contributed by atoms with Gasteiger partial charge < -0.3 is 10.6 Å². The Bertz CT molecular complexity index is 562. The third-order valence-electron chi connectivity index (χ3n) is 4.24. The first-order valence-corrected chi connectivity index (χ1v) is 9.14. The van der Waals surface area contributed by atoms with Gasteiger partial charge in [0.15, 0.2) is 11.7 Å². The van der Waals surface area contributed by atoms with Crippen molar-refractivity contribution in [1.29, 1.82) is 0 Å². The number of guanidine groups is 1. The molecular weight excluding hydrogens is 464 g/mol. The Balaban J connectivity index is 0.00000312. The fourth-order valence-corrected chi connectivity index (χ4v) is 3.44. The molecule has 0 unspecified atom stereocenters. The molecule has 144 valence electrons. The monoisotopic (exact) mass is 490 g/mol. The summed E-state index contributed by atoms with van der Waals surface area (Å²) in [5.74, 6) is 0.644. The standard InChI is InChI=1S/C16H25F3N4S.HI/c1-4-20-14(22-11-5-7-15(2,3)8-6-11)21-9-13-23-12(10-24-13)16(17,18)19;/h10-11H,4-9H2,1-3H3,(H2,20,21,22);1H. The van der Waals surface area contributed by atoms with Crippen LogP contribution < -0.4 is 10.6 Å². The van der Waals surface area contributed by atoms with Gasteiger partial charge in [-0.15, -0.1) is 35.3 Å². The lowest BCUT2D eigenvalue weighted by Crippen LogP contribution is -2.45. The average Bonchev–Trinajstić information content (AvgIpc) is 2.96. The number of nitrogens with one attached hydrogen (secondary N) is 2. The van der Waals surface area contributed by atoms with E-state index in [1.165, 1.54) is 0 Å². The number of aromatic nitrogens is 1. The predicted molar refractivity (Wildman–Crippen MR) is 107 cm³/mol. The lowest BCUT2D eigenvalue weighted by molar-refractivity contribution is -0.140. The molecule has 0 saturated heterocycles. The Labute approximate surface area is 168 Å². The largest absolute Gasteiger partial charge is 0.434 e. The summed E-state index contributed by atoms with van der Waals surface area (Å²) in [5, 5.41) is 7.95. The minimum Gasteiger partial charge on any atom is -0.357 e. The zero-order valence-corrected chi connectivity index (χ0v) is 17.9. The Morgan fingerprint density at radius 2 is 2.00 bits per heavy atom. The number of aliphatic imine (C=N–C) groups is 1. The van der Waals surface area contributed by atoms with Crippen LogP contribution in [0.2, 0.25) is 0 Å². The van der Waals surface area contributed by atoms with Gasteiger partial charge in [0, 0.05) is 18.0 Å². The van der Waals surface area contributed by atoms with Crippen molar-refractivity contribution in [2.75, 3.05) is 6.54 Å². The summed E-state index contributed by atoms with van der Waals surface area (Å²) in [6.07, 6.45) is 0.0763. The van der Waals surface area contributed by atoms with Crippen LogP contribution in [0.25, 0.3) is 0 Å². The van der Waals surface area contributed by atoms with Gasteiger partial charge in [-0.1, -0.05) is 13.8 Å². The van der Waals surface area contributed by atoms with Crippen LogP contribution in [0.1, 0.15) is 57.2 Å². The van der Waals surface area contributed by atoms with E-state index in [1.54, 1.807) is 0 Å². The maximum Gasteiger partial charge on any atom is 0.434 e. The Morgan fingerprint density at radius 3 is 2.52 bits per heavy atom. The van der Waals surface area contributed by atoms with Crippen molar-refractivity contribution in [3.05, 3.63) is 16.1 Å². The van der Waals surface area contributed by atoms with Crippen molar-refractivity contribution in [1.82, 2.24) is 15.6 Å². The molecule has 0 radical (unpaired) electrons. The molecule has 1 aromatic heterocycles. The van der Waals surface area contributed by atoms with Crippen molar-refractivity contribution in [2.24, 2.45) is 10.4 Å². The Kier molecular flexibility index (Phi) is 8.43. The van der Waals surface area contributed by atoms with Crippen molar-refractivity contribution >= 4 is 41.3 Å². The molecule has 2 rings (SSSR count). The second kappa shape index (κ2) is 9.38. The third kappa shape index (κ3) is 7.28. The Morgan fingerprint density at radius 1 is 1.36 bits per heavy atom. The number of alkyl halides is 3. The average molecular weight is 490 g/mol. The van der Waals surface area contributed by atoms with Gasteiger partial charge in [-0.25, -0.2) is 9.98 Å². The quantitative estimate of drug-likeness (QED) is 0.362. The highest BCUT2D eigenvalue weighted by Gasteiger charge is 2.33. The van der Waals surface area contributed by atoms with Gasteiger partial charge >= 0.3 is 6.18 Å². The van der Waals surface area contributed by atoms with Gasteiger partial charge in [-0.2, -0.15) is 13.2 Å². The fraction of sp³-hybridized carbons (Fsp3) is 0.750. The molecule has 1 aromatic rings. The molecule has 9 heteroatoms. The summed E-state index contributed by atoms with van der Waals surface area (Å²) in [6.45, 7) is 7.38. The van der Waals surface area contributed by atoms with E-state index in [0.29, 0.717) is 29.0 Å². The number of halogens is 4. The summed E-state index contributed by atoms with van der Waals surface area (Å²) < 4.78 is 37.7. The van der Waals surface area contributed by atoms with E-state index < -0.39 is 11.9 Å². The SMILES string of the molecule is CCNC(=NCc1nc(C(F)(F)F)cs1)NC1CCC(C)(C)CC1.I. The van der Waals surface area contributed by atoms with E-state index in [1.807, 2.05) is 6.92 Å². The van der Waals surface area contributed by atoms with Crippen LogP contribution in [-0.4, -0.2) is 23.5 Å². The minimum absolute atomic E-state index is 0. The molecule has 0 aromatic carbocycles. The van der Waals surface area contributed by atoms with Crippen molar-refractivity contribution in [2.45, 2.75) is 65.2 Å². The second-order valence-corrected chi connectivity index (χ2v) is 7.84. The predicted octanol–water partition coefficient (Wildman–Crippen LogP) is 4.80. The van der Waals surface area contributed by atoms with Crippen LogP contribution in [0.3, 0.4) is 0 Å². The lowest BCUT2D eigenvalue weighted by atomic mass is 9.75. The van der Waals surface area contributed by atoms with Crippen molar-refractivity contribution in [3.63, 3.8) is 0 Å². The first-order valence-electron chi connectivity index (χ1n) is 8.26. The van der Waals surface area contributed by atoms with E-state index in [-0.39, 0.29) is 30.5 Å². The van der Waals surface area contributed by atoms with E-state index in [0.717, 1.165) is 42.4 Å². The molecule has 1 heterocycles. The smallest absolute Gasteiger partial charge is 0.357 e. The summed E-state index contributed by atoms with van der Waals surface area (Å²) in [7, 11) is 0. The molecule has 0 amide bonds. The lowest BCUT2D eigenvalue weighted by Gasteiger charge is -2.35. The van der Waals surface area contributed by atoms with E-state index >= 15 is 0 Å². The van der Waals surface area contributed by atoms with Gasteiger partial charge in [-0.3, -0.25) is 0 Å². The van der Waals surface area contributed by atoms with Crippen LogP contribution in [0.5, 0.6) is 0 Å². The molecule has 4 nitrogen and oxygen atoms in total. The van der Waals surface area contributed by atoms with Crippen LogP contribution in [0.15, 0.2) is 10.4 Å². The molecule has 2 N–H and O–H groups in total. The first kappa shape index (κ1) is 22.5. The number of nitrogens with zero attached hydrogens (tertiary/aromatic N) is 2. The summed E-state index contributed by atoms with van der Waals surface area (Å²) in [4.78, 5) is 7.99. The summed E-state index contributed by atoms with van der Waals surface area (Å²) >= 11 is 0.989. The molecule has 0 bridgehead atoms. The molecule has 1 aliphatic carbocycles. The third-order valence-corrected chi connectivity index (χ3v) is 5.07. The summed E-state index contributed by atoms with van der Waals surface area (Å²) in [6, 6.07) is 0.359. The second-order valence-electron chi connectivity index (χ2n) is 6.90. The van der Waals surface area contributed by atoms with Crippen LogP contribution in [-0.2, 0) is 12.7 Å². The van der Waals surface area contributed by atoms with Crippen LogP contribution >= 0.6 is 35.3 Å². The molecule has 0 atom stereocenters. The number of rotatable bonds is 4. The highest BCUT2D eigenvalue weighted by Crippen LogP contribution is 2.35. The van der Waals surface area contributed by atoms with E-state index in [4.69, 9.17) is 0 Å². The zero-order valence-electron chi connectivity index (χ0n) is 14.7. The fourth-order valence-electron chi connectivity index (χ4n) is 2.72. The highest BCUT2D eigenvalue weighted by atomic mass is 127. The summed E-state index contributed by atoms with van der Waals surface area (Å²) in [5.41, 5.74) is -0.451.